The van der Waals surface area contributed by atoms with E-state index in [1.807, 2.05) is 42.6 Å². The number of halogens is 1. The number of thiophene rings is 1. The molecular weight excluding hydrogens is 728 g/mol. The minimum atomic E-state index is -0.312. The molecule has 7 rings (SSSR count). The second-order valence-corrected chi connectivity index (χ2v) is 13.6. The number of pyridine rings is 2. The summed E-state index contributed by atoms with van der Waals surface area (Å²) in [6.45, 7) is 0. The summed E-state index contributed by atoms with van der Waals surface area (Å²) < 4.78 is 7.76. The molecule has 40 heavy (non-hydrogen) atoms. The molecule has 2 aliphatic rings. The van der Waals surface area contributed by atoms with Crippen LogP contribution in [0.4, 0.5) is 5.69 Å². The Balaban J connectivity index is 1.31. The number of anilines is 1. The molecule has 0 bridgehead atoms. The zero-order valence-corrected chi connectivity index (χ0v) is 27.4. The SMILES string of the molecule is ClC1=NC(c2cccc(-c3cccc4c3O[CH]([Tl])C=C/C=C\C4)n2)c2sc3ccc(-c4ccccn4)cc3c2N1. The molecule has 0 fully saturated rings. The van der Waals surface area contributed by atoms with Crippen molar-refractivity contribution in [3.8, 4) is 28.3 Å². The average Bonchev–Trinajstić information content (AvgIpc) is 3.38. The molecule has 2 aliphatic heterocycles. The maximum atomic E-state index is 6.59. The van der Waals surface area contributed by atoms with Gasteiger partial charge in [0.25, 0.3) is 0 Å². The molecule has 0 aliphatic carbocycles. The van der Waals surface area contributed by atoms with Crippen LogP contribution < -0.4 is 10.1 Å². The van der Waals surface area contributed by atoms with Gasteiger partial charge in [0.1, 0.15) is 0 Å². The Morgan fingerprint density at radius 3 is 2.77 bits per heavy atom. The quantitative estimate of drug-likeness (QED) is 0.152. The predicted molar refractivity (Wildman–Crippen MR) is 166 cm³/mol. The normalized spacial score (nSPS) is 18.8. The molecule has 192 valence electrons. The molecule has 0 saturated heterocycles. The van der Waals surface area contributed by atoms with E-state index in [1.165, 1.54) is 0 Å². The van der Waals surface area contributed by atoms with E-state index in [4.69, 9.17) is 26.3 Å². The summed E-state index contributed by atoms with van der Waals surface area (Å²) in [5.74, 6) is 0.910. The Bertz CT molecular complexity index is 1830. The summed E-state index contributed by atoms with van der Waals surface area (Å²) >= 11 is 8.97. The Labute approximate surface area is 257 Å². The minimum absolute atomic E-state index is 0.107. The fourth-order valence-corrected chi connectivity index (χ4v) is 7.51. The molecule has 5 heterocycles. The molecule has 0 radical (unpaired) electrons. The van der Waals surface area contributed by atoms with Crippen LogP contribution in [0.15, 0.2) is 108 Å². The van der Waals surface area contributed by atoms with Gasteiger partial charge in [-0.2, -0.15) is 0 Å². The first-order chi connectivity index (χ1) is 19.6. The van der Waals surface area contributed by atoms with Crippen molar-refractivity contribution in [3.05, 3.63) is 119 Å². The molecule has 5 nitrogen and oxygen atoms in total. The zero-order valence-electron chi connectivity index (χ0n) is 21.3. The molecular formula is C32H22ClN4OSTl. The van der Waals surface area contributed by atoms with Crippen LogP contribution in [-0.2, 0) is 6.42 Å². The maximum absolute atomic E-state index is 6.59. The first-order valence-corrected chi connectivity index (χ1v) is 16.8. The third kappa shape index (κ3) is 4.89. The number of benzene rings is 2. The number of fused-ring (bicyclic) bond motifs is 4. The number of aromatic nitrogens is 2. The summed E-state index contributed by atoms with van der Waals surface area (Å²) in [4.78, 5) is 15.6. The number of nitrogens with zero attached hydrogens (tertiary/aromatic N) is 3. The molecule has 0 saturated carbocycles. The number of hydrogen-bond acceptors (Lipinski definition) is 6. The van der Waals surface area contributed by atoms with Gasteiger partial charge in [-0.25, -0.2) is 0 Å². The van der Waals surface area contributed by atoms with Gasteiger partial charge < -0.3 is 0 Å². The second kappa shape index (κ2) is 10.9. The van der Waals surface area contributed by atoms with Crippen molar-refractivity contribution in [2.24, 2.45) is 4.99 Å². The molecule has 3 aromatic heterocycles. The molecule has 8 heteroatoms. The summed E-state index contributed by atoms with van der Waals surface area (Å²) in [7, 11) is 0. The van der Waals surface area contributed by atoms with Crippen LogP contribution in [0.5, 0.6) is 5.75 Å². The van der Waals surface area contributed by atoms with E-state index in [1.54, 1.807) is 11.3 Å². The van der Waals surface area contributed by atoms with E-state index in [0.29, 0.717) is 31.1 Å². The van der Waals surface area contributed by atoms with Gasteiger partial charge in [0.2, 0.25) is 0 Å². The number of hydrogen-bond donors (Lipinski definition) is 1. The van der Waals surface area contributed by atoms with E-state index < -0.39 is 0 Å². The number of rotatable bonds is 3. The fourth-order valence-electron chi connectivity index (χ4n) is 5.10. The van der Waals surface area contributed by atoms with Crippen LogP contribution in [0.25, 0.3) is 32.6 Å². The summed E-state index contributed by atoms with van der Waals surface area (Å²) in [6, 6.07) is 24.5. The Morgan fingerprint density at radius 2 is 1.88 bits per heavy atom. The van der Waals surface area contributed by atoms with Crippen molar-refractivity contribution in [1.29, 1.82) is 0 Å². The van der Waals surface area contributed by atoms with Crippen molar-refractivity contribution in [1.82, 2.24) is 9.97 Å². The topological polar surface area (TPSA) is 59.4 Å². The molecule has 2 unspecified atom stereocenters. The second-order valence-electron chi connectivity index (χ2n) is 9.56. The van der Waals surface area contributed by atoms with Crippen LogP contribution in [-0.4, -0.2) is 44.7 Å². The van der Waals surface area contributed by atoms with E-state index >= 15 is 0 Å². The summed E-state index contributed by atoms with van der Waals surface area (Å²) in [6.07, 6.45) is 11.1. The van der Waals surface area contributed by atoms with Gasteiger partial charge in [0.15, 0.2) is 0 Å². The van der Waals surface area contributed by atoms with Gasteiger partial charge in [0, 0.05) is 11.8 Å². The van der Waals surface area contributed by atoms with Gasteiger partial charge >= 0.3 is 212 Å². The first-order valence-electron chi connectivity index (χ1n) is 13.0. The monoisotopic (exact) mass is 750 g/mol. The van der Waals surface area contributed by atoms with Crippen LogP contribution in [0, 0.1) is 0 Å². The predicted octanol–water partition coefficient (Wildman–Crippen LogP) is 7.68. The van der Waals surface area contributed by atoms with Crippen molar-refractivity contribution < 1.29 is 4.74 Å². The average molecular weight is 750 g/mol. The molecule has 2 atom stereocenters. The number of amidine groups is 1. The molecule has 1 N–H and O–H groups in total. The van der Waals surface area contributed by atoms with Gasteiger partial charge in [0.05, 0.1) is 5.69 Å². The Kier molecular flexibility index (Phi) is 6.99. The van der Waals surface area contributed by atoms with Gasteiger partial charge in [-0.3, -0.25) is 4.98 Å². The van der Waals surface area contributed by atoms with Crippen molar-refractivity contribution in [3.63, 3.8) is 0 Å². The van der Waals surface area contributed by atoms with Gasteiger partial charge in [-0.1, -0.05) is 12.1 Å². The van der Waals surface area contributed by atoms with Crippen LogP contribution >= 0.6 is 22.9 Å². The first kappa shape index (κ1) is 25.6. The molecule has 0 spiro atoms. The number of para-hydroxylation sites is 1. The summed E-state index contributed by atoms with van der Waals surface area (Å²) in [5.41, 5.74) is 6.85. The van der Waals surface area contributed by atoms with E-state index in [0.717, 1.165) is 66.6 Å². The third-order valence-electron chi connectivity index (χ3n) is 6.96. The van der Waals surface area contributed by atoms with E-state index in [9.17, 15) is 0 Å². The zero-order chi connectivity index (χ0) is 27.1. The Hall–Kier alpha value is -3.34. The third-order valence-corrected chi connectivity index (χ3v) is 9.77. The standard InChI is InChI=1S/C32H22ClN4OS.Tl/c33-32-36-28-23-19-21(24-12-4-5-17-34-24)15-16-27(23)39-31(28)29(37-32)26-14-8-13-25(35-26)22-11-7-10-20-9-3-1-2-6-18-38-30(20)22;/h1-8,10-19,29H,9H2,(H,36,37);/b3-1-,6-2?;. The van der Waals surface area contributed by atoms with E-state index in [-0.39, 0.29) is 9.71 Å². The molecule has 2 aromatic carbocycles. The van der Waals surface area contributed by atoms with Crippen LogP contribution in [0.2, 0.25) is 0 Å². The number of ether oxygens (including phenoxy) is 1. The number of aliphatic imine (C=N–C) groups is 1. The summed E-state index contributed by atoms with van der Waals surface area (Å²) in [5, 5.41) is 4.78. The van der Waals surface area contributed by atoms with Crippen LogP contribution in [0.3, 0.4) is 0 Å². The number of nitrogens with one attached hydrogen (secondary N) is 1. The van der Waals surface area contributed by atoms with Gasteiger partial charge in [-0.15, -0.1) is 0 Å². The van der Waals surface area contributed by atoms with Crippen molar-refractivity contribution in [2.45, 2.75) is 16.1 Å². The molecule has 0 amide bonds. The number of allylic oxidation sites excluding steroid dienone is 3. The van der Waals surface area contributed by atoms with Crippen molar-refractivity contribution in [2.75, 3.05) is 5.32 Å². The van der Waals surface area contributed by atoms with Gasteiger partial charge in [-0.05, 0) is 12.1 Å². The van der Waals surface area contributed by atoms with Crippen molar-refractivity contribution >= 4 is 69.8 Å². The van der Waals surface area contributed by atoms with Crippen LogP contribution in [0.1, 0.15) is 22.2 Å². The van der Waals surface area contributed by atoms with E-state index in [2.05, 4.69) is 71.0 Å². The molecule has 5 aromatic rings. The fraction of sp³-hybridized carbons (Fsp3) is 0.0938. The Morgan fingerprint density at radius 1 is 0.975 bits per heavy atom.